The fourth-order valence-corrected chi connectivity index (χ4v) is 2.19. The van der Waals surface area contributed by atoms with Gasteiger partial charge >= 0.3 is 0 Å². The molecule has 0 radical (unpaired) electrons. The molecule has 2 rings (SSSR count). The summed E-state index contributed by atoms with van der Waals surface area (Å²) in [6.07, 6.45) is 2.05. The Morgan fingerprint density at radius 3 is 2.78 bits per heavy atom. The number of nitrogens with one attached hydrogen (secondary N) is 1. The lowest BCUT2D eigenvalue weighted by Crippen LogP contribution is -2.57. The lowest BCUT2D eigenvalue weighted by molar-refractivity contribution is 0.122. The van der Waals surface area contributed by atoms with E-state index in [4.69, 9.17) is 4.52 Å². The Morgan fingerprint density at radius 1 is 1.44 bits per heavy atom. The molecule has 1 aromatic heterocycles. The summed E-state index contributed by atoms with van der Waals surface area (Å²) >= 11 is 0. The molecule has 0 unspecified atom stereocenters. The molecule has 5 nitrogen and oxygen atoms in total. The van der Waals surface area contributed by atoms with Crippen LogP contribution in [0.3, 0.4) is 0 Å². The van der Waals surface area contributed by atoms with Gasteiger partial charge < -0.3 is 9.84 Å². The first-order valence-corrected chi connectivity index (χ1v) is 6.95. The summed E-state index contributed by atoms with van der Waals surface area (Å²) in [7, 11) is 0. The summed E-state index contributed by atoms with van der Waals surface area (Å²) in [5.41, 5.74) is 0. The molecule has 0 saturated carbocycles. The van der Waals surface area contributed by atoms with E-state index in [2.05, 4.69) is 41.1 Å². The van der Waals surface area contributed by atoms with Crippen LogP contribution in [0.2, 0.25) is 0 Å². The zero-order chi connectivity index (χ0) is 13.0. The molecule has 0 spiro atoms. The van der Waals surface area contributed by atoms with Gasteiger partial charge in [-0.2, -0.15) is 4.98 Å². The van der Waals surface area contributed by atoms with Gasteiger partial charge in [0.2, 0.25) is 5.89 Å². The van der Waals surface area contributed by atoms with Crippen LogP contribution in [0.25, 0.3) is 0 Å². The van der Waals surface area contributed by atoms with Gasteiger partial charge in [0.15, 0.2) is 5.82 Å². The number of hydrogen-bond acceptors (Lipinski definition) is 5. The summed E-state index contributed by atoms with van der Waals surface area (Å²) in [6, 6.07) is 0.630. The van der Waals surface area contributed by atoms with Crippen LogP contribution in [0, 0.1) is 5.92 Å². The van der Waals surface area contributed by atoms with Crippen LogP contribution in [0.1, 0.15) is 38.9 Å². The van der Waals surface area contributed by atoms with Crippen molar-refractivity contribution in [2.24, 2.45) is 5.92 Å². The Bertz CT molecular complexity index is 360. The highest BCUT2D eigenvalue weighted by Gasteiger charge is 2.25. The summed E-state index contributed by atoms with van der Waals surface area (Å²) < 4.78 is 5.34. The molecular formula is C13H24N4O. The van der Waals surface area contributed by atoms with Gasteiger partial charge in [0, 0.05) is 25.6 Å². The number of hydrogen-bond donors (Lipinski definition) is 1. The predicted molar refractivity (Wildman–Crippen MR) is 70.2 cm³/mol. The average molecular weight is 252 g/mol. The quantitative estimate of drug-likeness (QED) is 0.796. The van der Waals surface area contributed by atoms with Crippen molar-refractivity contribution in [1.82, 2.24) is 20.4 Å². The van der Waals surface area contributed by atoms with Crippen LogP contribution >= 0.6 is 0 Å². The molecule has 0 bridgehead atoms. The van der Waals surface area contributed by atoms with Crippen molar-refractivity contribution in [2.45, 2.75) is 46.2 Å². The van der Waals surface area contributed by atoms with Gasteiger partial charge in [0.25, 0.3) is 0 Å². The summed E-state index contributed by atoms with van der Waals surface area (Å²) in [5, 5.41) is 7.35. The third-order valence-electron chi connectivity index (χ3n) is 3.23. The van der Waals surface area contributed by atoms with E-state index >= 15 is 0 Å². The molecule has 0 aliphatic carbocycles. The second kappa shape index (κ2) is 6.29. The van der Waals surface area contributed by atoms with Crippen LogP contribution in [0.15, 0.2) is 4.52 Å². The second-order valence-electron chi connectivity index (χ2n) is 5.48. The van der Waals surface area contributed by atoms with Gasteiger partial charge in [-0.1, -0.05) is 25.9 Å². The Labute approximate surface area is 109 Å². The standard InChI is InChI=1S/C13H24N4O/c1-4-5-17(11-7-14-8-11)9-13-15-12(16-18-13)6-10(2)3/h10-11,14H,4-9H2,1-3H3. The highest BCUT2D eigenvalue weighted by molar-refractivity contribution is 4.91. The van der Waals surface area contributed by atoms with Gasteiger partial charge in [-0.25, -0.2) is 0 Å². The van der Waals surface area contributed by atoms with Crippen LogP contribution in [-0.2, 0) is 13.0 Å². The molecule has 1 aliphatic heterocycles. The van der Waals surface area contributed by atoms with Crippen molar-refractivity contribution in [3.05, 3.63) is 11.7 Å². The van der Waals surface area contributed by atoms with Crippen molar-refractivity contribution in [3.63, 3.8) is 0 Å². The largest absolute Gasteiger partial charge is 0.338 e. The van der Waals surface area contributed by atoms with E-state index in [0.29, 0.717) is 12.0 Å². The first kappa shape index (κ1) is 13.5. The molecule has 0 atom stereocenters. The van der Waals surface area contributed by atoms with Gasteiger partial charge in [0.05, 0.1) is 6.54 Å². The molecule has 1 aromatic rings. The molecule has 2 heterocycles. The zero-order valence-corrected chi connectivity index (χ0v) is 11.6. The van der Waals surface area contributed by atoms with E-state index in [1.807, 2.05) is 0 Å². The lowest BCUT2D eigenvalue weighted by Gasteiger charge is -2.37. The maximum atomic E-state index is 5.34. The Kier molecular flexibility index (Phi) is 4.72. The SMILES string of the molecule is CCCN(Cc1nc(CC(C)C)no1)C1CNC1. The summed E-state index contributed by atoms with van der Waals surface area (Å²) in [4.78, 5) is 6.91. The second-order valence-corrected chi connectivity index (χ2v) is 5.48. The minimum absolute atomic E-state index is 0.568. The van der Waals surface area contributed by atoms with Gasteiger partial charge in [0.1, 0.15) is 0 Å². The van der Waals surface area contributed by atoms with Crippen molar-refractivity contribution in [1.29, 1.82) is 0 Å². The molecule has 1 fully saturated rings. The lowest BCUT2D eigenvalue weighted by atomic mass is 10.1. The first-order chi connectivity index (χ1) is 8.69. The fraction of sp³-hybridized carbons (Fsp3) is 0.846. The molecule has 18 heavy (non-hydrogen) atoms. The number of rotatable bonds is 7. The van der Waals surface area contributed by atoms with Crippen molar-refractivity contribution in [2.75, 3.05) is 19.6 Å². The molecule has 0 amide bonds. The minimum Gasteiger partial charge on any atom is -0.338 e. The Morgan fingerprint density at radius 2 is 2.22 bits per heavy atom. The molecule has 0 aromatic carbocycles. The van der Waals surface area contributed by atoms with Crippen molar-refractivity contribution < 1.29 is 4.52 Å². The van der Waals surface area contributed by atoms with E-state index in [1.54, 1.807) is 0 Å². The predicted octanol–water partition coefficient (Wildman–Crippen LogP) is 1.45. The fourth-order valence-electron chi connectivity index (χ4n) is 2.19. The first-order valence-electron chi connectivity index (χ1n) is 6.95. The van der Waals surface area contributed by atoms with E-state index in [-0.39, 0.29) is 0 Å². The minimum atomic E-state index is 0.568. The molecule has 1 N–H and O–H groups in total. The summed E-state index contributed by atoms with van der Waals surface area (Å²) in [5.74, 6) is 2.16. The Hall–Kier alpha value is -0.940. The van der Waals surface area contributed by atoms with Crippen molar-refractivity contribution >= 4 is 0 Å². The molecule has 102 valence electrons. The maximum Gasteiger partial charge on any atom is 0.240 e. The highest BCUT2D eigenvalue weighted by Crippen LogP contribution is 2.12. The monoisotopic (exact) mass is 252 g/mol. The number of aromatic nitrogens is 2. The topological polar surface area (TPSA) is 54.2 Å². The van der Waals surface area contributed by atoms with Gasteiger partial charge in [-0.05, 0) is 18.9 Å². The molecule has 1 saturated heterocycles. The summed E-state index contributed by atoms with van der Waals surface area (Å²) in [6.45, 7) is 10.6. The number of nitrogens with zero attached hydrogens (tertiary/aromatic N) is 3. The van der Waals surface area contributed by atoms with Crippen LogP contribution in [0.5, 0.6) is 0 Å². The van der Waals surface area contributed by atoms with Crippen LogP contribution in [-0.4, -0.2) is 40.7 Å². The van der Waals surface area contributed by atoms with Gasteiger partial charge in [-0.15, -0.1) is 0 Å². The third-order valence-corrected chi connectivity index (χ3v) is 3.23. The molecular weight excluding hydrogens is 228 g/mol. The van der Waals surface area contributed by atoms with E-state index in [1.165, 1.54) is 0 Å². The van der Waals surface area contributed by atoms with Crippen molar-refractivity contribution in [3.8, 4) is 0 Å². The van der Waals surface area contributed by atoms with E-state index in [9.17, 15) is 0 Å². The molecule has 1 aliphatic rings. The van der Waals surface area contributed by atoms with E-state index in [0.717, 1.165) is 50.7 Å². The molecule has 5 heteroatoms. The zero-order valence-electron chi connectivity index (χ0n) is 11.6. The maximum absolute atomic E-state index is 5.34. The van der Waals surface area contributed by atoms with E-state index < -0.39 is 0 Å². The Balaban J connectivity index is 1.91. The third kappa shape index (κ3) is 3.53. The normalized spacial score (nSPS) is 16.5. The van der Waals surface area contributed by atoms with Crippen LogP contribution < -0.4 is 5.32 Å². The highest BCUT2D eigenvalue weighted by atomic mass is 16.5. The van der Waals surface area contributed by atoms with Crippen LogP contribution in [0.4, 0.5) is 0 Å². The smallest absolute Gasteiger partial charge is 0.240 e. The van der Waals surface area contributed by atoms with Gasteiger partial charge in [-0.3, -0.25) is 4.90 Å². The average Bonchev–Trinajstić information content (AvgIpc) is 2.62.